The van der Waals surface area contributed by atoms with Crippen LogP contribution in [0.3, 0.4) is 0 Å². The third-order valence-electron chi connectivity index (χ3n) is 3.83. The van der Waals surface area contributed by atoms with E-state index in [4.69, 9.17) is 4.42 Å². The average molecular weight is 380 g/mol. The van der Waals surface area contributed by atoms with Crippen molar-refractivity contribution in [2.45, 2.75) is 11.8 Å². The number of para-hydroxylation sites is 1. The maximum absolute atomic E-state index is 12.6. The number of hydrogen-bond acceptors (Lipinski definition) is 5. The van der Waals surface area contributed by atoms with E-state index in [1.807, 2.05) is 60.0 Å². The zero-order valence-corrected chi connectivity index (χ0v) is 15.7. The summed E-state index contributed by atoms with van der Waals surface area (Å²) in [5.74, 6) is 1.47. The van der Waals surface area contributed by atoms with Crippen LogP contribution < -0.4 is 5.32 Å². The van der Waals surface area contributed by atoms with Gasteiger partial charge in [-0.1, -0.05) is 37.3 Å². The fraction of sp³-hybridized carbons (Fsp3) is 0.100. The second-order valence-electron chi connectivity index (χ2n) is 5.57. The quantitative estimate of drug-likeness (QED) is 0.437. The van der Waals surface area contributed by atoms with Gasteiger partial charge in [-0.15, -0.1) is 23.1 Å². The highest BCUT2D eigenvalue weighted by atomic mass is 32.2. The predicted molar refractivity (Wildman–Crippen MR) is 108 cm³/mol. The average Bonchev–Trinajstić information content (AvgIpc) is 3.28. The predicted octanol–water partition coefficient (Wildman–Crippen LogP) is 5.92. The third kappa shape index (κ3) is 3.38. The number of rotatable bonds is 5. The number of thioether (sulfide) groups is 1. The van der Waals surface area contributed by atoms with E-state index in [0.29, 0.717) is 16.5 Å². The van der Waals surface area contributed by atoms with Crippen LogP contribution in [-0.2, 0) is 0 Å². The van der Waals surface area contributed by atoms with Gasteiger partial charge in [0.15, 0.2) is 10.9 Å². The molecular formula is C20H16N2O2S2. The minimum atomic E-state index is -0.146. The largest absolute Gasteiger partial charge is 0.454 e. The number of furan rings is 1. The fourth-order valence-electron chi connectivity index (χ4n) is 2.65. The molecule has 0 aliphatic carbocycles. The zero-order valence-electron chi connectivity index (χ0n) is 14.1. The van der Waals surface area contributed by atoms with Gasteiger partial charge in [0.1, 0.15) is 11.3 Å². The molecule has 2 heterocycles. The number of benzene rings is 2. The molecular weight excluding hydrogens is 364 g/mol. The molecule has 0 spiro atoms. The van der Waals surface area contributed by atoms with Gasteiger partial charge in [-0.2, -0.15) is 0 Å². The highest BCUT2D eigenvalue weighted by Crippen LogP contribution is 2.30. The second-order valence-corrected chi connectivity index (χ2v) is 7.73. The topological polar surface area (TPSA) is 55.1 Å². The molecule has 0 aliphatic rings. The summed E-state index contributed by atoms with van der Waals surface area (Å²) in [4.78, 5) is 18.1. The molecule has 4 aromatic rings. The normalized spacial score (nSPS) is 11.0. The molecule has 0 unspecified atom stereocenters. The van der Waals surface area contributed by atoms with Crippen LogP contribution in [0.1, 0.15) is 17.3 Å². The number of thiazole rings is 1. The number of carbonyl (C=O) groups excluding carboxylic acids is 1. The molecule has 0 fully saturated rings. The number of nitrogens with zero attached hydrogens (tertiary/aromatic N) is 1. The minimum absolute atomic E-state index is 0.146. The van der Waals surface area contributed by atoms with Gasteiger partial charge in [0.2, 0.25) is 0 Å². The Balaban J connectivity index is 1.56. The first kappa shape index (κ1) is 16.9. The van der Waals surface area contributed by atoms with E-state index in [0.717, 1.165) is 27.3 Å². The first-order valence-electron chi connectivity index (χ1n) is 8.22. The fourth-order valence-corrected chi connectivity index (χ4v) is 4.15. The van der Waals surface area contributed by atoms with Crippen LogP contribution in [0.4, 0.5) is 5.13 Å². The third-order valence-corrected chi connectivity index (χ3v) is 5.55. The number of aromatic nitrogens is 1. The monoisotopic (exact) mass is 380 g/mol. The standard InChI is InChI=1S/C20H16N2O2S2/c1-2-25-18-10-6-4-8-14(18)19(23)22-20-21-15(12-26-20)17-11-13-7-3-5-9-16(13)24-17/h3-12H,2H2,1H3,(H,21,22,23). The molecule has 0 saturated carbocycles. The number of hydrogen-bond donors (Lipinski definition) is 1. The summed E-state index contributed by atoms with van der Waals surface area (Å²) < 4.78 is 5.84. The Bertz CT molecular complexity index is 1040. The van der Waals surface area contributed by atoms with Crippen molar-refractivity contribution in [3.8, 4) is 11.5 Å². The molecule has 1 N–H and O–H groups in total. The molecule has 4 rings (SSSR count). The summed E-state index contributed by atoms with van der Waals surface area (Å²) in [7, 11) is 0. The minimum Gasteiger partial charge on any atom is -0.454 e. The highest BCUT2D eigenvalue weighted by Gasteiger charge is 2.15. The van der Waals surface area contributed by atoms with Crippen molar-refractivity contribution in [2.24, 2.45) is 0 Å². The zero-order chi connectivity index (χ0) is 17.9. The molecule has 0 aliphatic heterocycles. The smallest absolute Gasteiger partial charge is 0.258 e. The van der Waals surface area contributed by atoms with Crippen molar-refractivity contribution >= 4 is 45.1 Å². The Kier molecular flexibility index (Phi) is 4.77. The molecule has 2 aromatic carbocycles. The molecule has 0 radical (unpaired) electrons. The van der Waals surface area contributed by atoms with E-state index in [9.17, 15) is 4.79 Å². The molecule has 1 amide bonds. The van der Waals surface area contributed by atoms with Gasteiger partial charge in [0, 0.05) is 15.7 Å². The van der Waals surface area contributed by atoms with E-state index >= 15 is 0 Å². The number of carbonyl (C=O) groups is 1. The molecule has 0 saturated heterocycles. The lowest BCUT2D eigenvalue weighted by atomic mass is 10.2. The van der Waals surface area contributed by atoms with Gasteiger partial charge < -0.3 is 4.42 Å². The van der Waals surface area contributed by atoms with Crippen LogP contribution >= 0.6 is 23.1 Å². The summed E-state index contributed by atoms with van der Waals surface area (Å²) in [5.41, 5.74) is 2.21. The molecule has 2 aromatic heterocycles. The Morgan fingerprint density at radius 3 is 2.85 bits per heavy atom. The van der Waals surface area contributed by atoms with E-state index in [1.165, 1.54) is 11.3 Å². The summed E-state index contributed by atoms with van der Waals surface area (Å²) in [5, 5.41) is 6.37. The van der Waals surface area contributed by atoms with Crippen LogP contribution in [0, 0.1) is 0 Å². The Labute approximate surface area is 159 Å². The van der Waals surface area contributed by atoms with Gasteiger partial charge in [0.05, 0.1) is 5.56 Å². The van der Waals surface area contributed by atoms with Crippen molar-refractivity contribution < 1.29 is 9.21 Å². The van der Waals surface area contributed by atoms with Gasteiger partial charge in [0.25, 0.3) is 5.91 Å². The van der Waals surface area contributed by atoms with E-state index in [1.54, 1.807) is 11.8 Å². The van der Waals surface area contributed by atoms with Gasteiger partial charge in [-0.25, -0.2) is 4.98 Å². The molecule has 0 bridgehead atoms. The first-order chi connectivity index (χ1) is 12.7. The number of anilines is 1. The second kappa shape index (κ2) is 7.35. The SMILES string of the molecule is CCSc1ccccc1C(=O)Nc1nc(-c2cc3ccccc3o2)cs1. The molecule has 4 nitrogen and oxygen atoms in total. The maximum Gasteiger partial charge on any atom is 0.258 e. The number of fused-ring (bicyclic) bond motifs is 1. The molecule has 26 heavy (non-hydrogen) atoms. The van der Waals surface area contributed by atoms with Crippen LogP contribution in [0.2, 0.25) is 0 Å². The van der Waals surface area contributed by atoms with Crippen molar-refractivity contribution in [2.75, 3.05) is 11.1 Å². The van der Waals surface area contributed by atoms with Crippen molar-refractivity contribution in [3.63, 3.8) is 0 Å². The molecule has 130 valence electrons. The van der Waals surface area contributed by atoms with Crippen LogP contribution in [0.25, 0.3) is 22.4 Å². The first-order valence-corrected chi connectivity index (χ1v) is 10.1. The lowest BCUT2D eigenvalue weighted by molar-refractivity contribution is 0.102. The lowest BCUT2D eigenvalue weighted by Crippen LogP contribution is -2.12. The van der Waals surface area contributed by atoms with Gasteiger partial charge in [-0.3, -0.25) is 10.1 Å². The van der Waals surface area contributed by atoms with E-state index in [-0.39, 0.29) is 5.91 Å². The summed E-state index contributed by atoms with van der Waals surface area (Å²) in [6.07, 6.45) is 0. The van der Waals surface area contributed by atoms with Gasteiger partial charge >= 0.3 is 0 Å². The summed E-state index contributed by atoms with van der Waals surface area (Å²) >= 11 is 3.04. The summed E-state index contributed by atoms with van der Waals surface area (Å²) in [6.45, 7) is 2.07. The van der Waals surface area contributed by atoms with Gasteiger partial charge in [-0.05, 0) is 30.0 Å². The Morgan fingerprint density at radius 1 is 1.19 bits per heavy atom. The molecule has 6 heteroatoms. The van der Waals surface area contributed by atoms with Crippen molar-refractivity contribution in [1.29, 1.82) is 0 Å². The van der Waals surface area contributed by atoms with Crippen LogP contribution in [0.5, 0.6) is 0 Å². The van der Waals surface area contributed by atoms with E-state index < -0.39 is 0 Å². The lowest BCUT2D eigenvalue weighted by Gasteiger charge is -2.07. The van der Waals surface area contributed by atoms with Crippen molar-refractivity contribution in [3.05, 3.63) is 65.5 Å². The van der Waals surface area contributed by atoms with Crippen molar-refractivity contribution in [1.82, 2.24) is 4.98 Å². The Hall–Kier alpha value is -2.57. The highest BCUT2D eigenvalue weighted by molar-refractivity contribution is 7.99. The number of amides is 1. The number of nitrogens with one attached hydrogen (secondary N) is 1. The Morgan fingerprint density at radius 2 is 2.00 bits per heavy atom. The van der Waals surface area contributed by atoms with E-state index in [2.05, 4.69) is 17.2 Å². The summed E-state index contributed by atoms with van der Waals surface area (Å²) in [6, 6.07) is 17.4. The van der Waals surface area contributed by atoms with Crippen LogP contribution in [-0.4, -0.2) is 16.6 Å². The maximum atomic E-state index is 12.6. The molecule has 0 atom stereocenters. The van der Waals surface area contributed by atoms with Crippen LogP contribution in [0.15, 0.2) is 69.3 Å².